The first-order valence-electron chi connectivity index (χ1n) is 32.5. The van der Waals surface area contributed by atoms with Crippen LogP contribution in [-0.4, -0.2) is 109 Å². The van der Waals surface area contributed by atoms with Gasteiger partial charge in [0.15, 0.2) is 0 Å². The number of rotatable bonds is 34. The molecule has 0 fully saturated rings. The number of nitrogens with zero attached hydrogens (tertiary/aromatic N) is 7. The highest BCUT2D eigenvalue weighted by Crippen LogP contribution is 2.39. The first kappa shape index (κ1) is 70.0. The van der Waals surface area contributed by atoms with E-state index in [4.69, 9.17) is 9.47 Å². The van der Waals surface area contributed by atoms with Crippen LogP contribution in [0.2, 0.25) is 0 Å². The summed E-state index contributed by atoms with van der Waals surface area (Å²) in [7, 11) is 0. The third-order valence-electron chi connectivity index (χ3n) is 16.4. The minimum atomic E-state index is -0.660. The second kappa shape index (κ2) is 34.7. The Hall–Kier alpha value is -9.89. The number of esters is 2. The minimum Gasteiger partial charge on any atom is -0.508 e. The van der Waals surface area contributed by atoms with E-state index in [1.54, 1.807) is 48.5 Å². The van der Waals surface area contributed by atoms with E-state index in [9.17, 15) is 34.7 Å². The Kier molecular flexibility index (Phi) is 25.8. The zero-order chi connectivity index (χ0) is 66.9. The molecular formula is C77H89N9O8. The van der Waals surface area contributed by atoms with Crippen LogP contribution in [-0.2, 0) is 61.1 Å². The summed E-state index contributed by atoms with van der Waals surface area (Å²) in [5.74, 6) is -0.687. The number of benzene rings is 7. The zero-order valence-electron chi connectivity index (χ0n) is 55.1. The number of ether oxygens (including phenoxy) is 2. The monoisotopic (exact) mass is 1270 g/mol. The summed E-state index contributed by atoms with van der Waals surface area (Å²) >= 11 is 0. The number of phenolic OH excluding ortho intramolecular Hbond substituents is 2. The second-order valence-corrected chi connectivity index (χ2v) is 25.2. The van der Waals surface area contributed by atoms with Crippen molar-refractivity contribution in [1.82, 2.24) is 35.3 Å². The van der Waals surface area contributed by atoms with Crippen molar-refractivity contribution in [2.24, 2.45) is 0 Å². The predicted molar refractivity (Wildman–Crippen MR) is 368 cm³/mol. The number of aryl methyl sites for hydroxylation is 1. The molecule has 0 unspecified atom stereocenters. The topological polar surface area (TPSA) is 215 Å². The van der Waals surface area contributed by atoms with Gasteiger partial charge in [-0.2, -0.15) is 5.26 Å². The number of amides is 2. The number of anilines is 1. The molecular weight excluding hydrogens is 1180 g/mol. The van der Waals surface area contributed by atoms with Gasteiger partial charge in [-0.05, 0) is 160 Å². The van der Waals surface area contributed by atoms with Crippen LogP contribution < -0.4 is 15.6 Å². The highest BCUT2D eigenvalue weighted by Gasteiger charge is 2.31. The molecule has 4 N–H and O–H groups in total. The van der Waals surface area contributed by atoms with Gasteiger partial charge in [-0.25, -0.2) is 4.68 Å². The molecule has 490 valence electrons. The average molecular weight is 1270 g/mol. The maximum atomic E-state index is 13.4. The van der Waals surface area contributed by atoms with Crippen LogP contribution in [0.3, 0.4) is 0 Å². The van der Waals surface area contributed by atoms with Gasteiger partial charge >= 0.3 is 11.9 Å². The van der Waals surface area contributed by atoms with Crippen LogP contribution in [0, 0.1) is 11.3 Å². The molecule has 1 heterocycles. The molecule has 17 nitrogen and oxygen atoms in total. The fraction of sp³-hybridized carbons (Fsp3) is 0.338. The van der Waals surface area contributed by atoms with Crippen molar-refractivity contribution >= 4 is 40.6 Å². The van der Waals surface area contributed by atoms with Crippen LogP contribution in [0.1, 0.15) is 142 Å². The van der Waals surface area contributed by atoms with Crippen molar-refractivity contribution in [3.8, 4) is 17.6 Å². The SMILES string of the molecule is CCOC(=O)CN(CCN(Cc1cc(C(=C(c2ccccc2)c2ccccc2)c2ccccc2)ccc1O)C(C)(C)CCC(=O)OC(C)(C)C)Cc1cc(CCC(=O)NCCCCCCNC(=O)Cc2ccc(CN(c3ccc(C#N)cc3)n3cnnc3)cc2)ccc1O. The van der Waals surface area contributed by atoms with E-state index in [2.05, 4.69) is 88.1 Å². The van der Waals surface area contributed by atoms with Gasteiger partial charge in [0.25, 0.3) is 0 Å². The maximum absolute atomic E-state index is 13.4. The molecule has 7 aromatic carbocycles. The Morgan fingerprint density at radius 1 is 0.574 bits per heavy atom. The summed E-state index contributed by atoms with van der Waals surface area (Å²) in [6, 6.07) is 59.3. The largest absolute Gasteiger partial charge is 0.508 e. The number of hydrogen-bond donors (Lipinski definition) is 4. The van der Waals surface area contributed by atoms with Crippen molar-refractivity contribution in [2.75, 3.05) is 44.3 Å². The van der Waals surface area contributed by atoms with Crippen molar-refractivity contribution in [1.29, 1.82) is 5.26 Å². The summed E-state index contributed by atoms with van der Waals surface area (Å²) in [5.41, 5.74) is 10.2. The lowest BCUT2D eigenvalue weighted by molar-refractivity contribution is -0.155. The van der Waals surface area contributed by atoms with Crippen LogP contribution in [0.15, 0.2) is 189 Å². The summed E-state index contributed by atoms with van der Waals surface area (Å²) in [5, 5.41) is 48.4. The van der Waals surface area contributed by atoms with E-state index in [0.717, 1.165) is 81.5 Å². The van der Waals surface area contributed by atoms with E-state index in [0.29, 0.717) is 62.3 Å². The Balaban J connectivity index is 0.861. The van der Waals surface area contributed by atoms with Gasteiger partial charge in [0.2, 0.25) is 11.8 Å². The van der Waals surface area contributed by atoms with Crippen LogP contribution >= 0.6 is 0 Å². The van der Waals surface area contributed by atoms with Gasteiger partial charge in [0, 0.05) is 68.8 Å². The van der Waals surface area contributed by atoms with Gasteiger partial charge < -0.3 is 30.3 Å². The molecule has 0 aliphatic rings. The molecule has 17 heteroatoms. The first-order valence-corrected chi connectivity index (χ1v) is 32.5. The molecule has 0 aliphatic carbocycles. The lowest BCUT2D eigenvalue weighted by Gasteiger charge is -2.40. The number of nitrogens with one attached hydrogen (secondary N) is 2. The van der Waals surface area contributed by atoms with Gasteiger partial charge in [-0.1, -0.05) is 146 Å². The Bertz CT molecular complexity index is 3750. The zero-order valence-corrected chi connectivity index (χ0v) is 55.1. The maximum Gasteiger partial charge on any atom is 0.320 e. The minimum absolute atomic E-state index is 0.0461. The molecule has 0 spiro atoms. The quantitative estimate of drug-likeness (QED) is 0.0168. The van der Waals surface area contributed by atoms with Crippen molar-refractivity contribution in [3.05, 3.63) is 244 Å². The summed E-state index contributed by atoms with van der Waals surface area (Å²) in [6.45, 7) is 14.4. The number of carbonyl (C=O) groups is 4. The highest BCUT2D eigenvalue weighted by atomic mass is 16.6. The lowest BCUT2D eigenvalue weighted by atomic mass is 9.85. The van der Waals surface area contributed by atoms with E-state index in [1.807, 2.05) is 140 Å². The first-order chi connectivity index (χ1) is 45.3. The highest BCUT2D eigenvalue weighted by molar-refractivity contribution is 6.04. The molecule has 94 heavy (non-hydrogen) atoms. The van der Waals surface area contributed by atoms with Gasteiger partial charge in [0.1, 0.15) is 29.8 Å². The van der Waals surface area contributed by atoms with Crippen LogP contribution in [0.5, 0.6) is 11.5 Å². The number of aromatic hydroxyl groups is 2. The van der Waals surface area contributed by atoms with E-state index in [1.165, 1.54) is 0 Å². The van der Waals surface area contributed by atoms with Crippen molar-refractivity contribution in [2.45, 2.75) is 130 Å². The molecule has 8 aromatic rings. The predicted octanol–water partition coefficient (Wildman–Crippen LogP) is 12.8. The third kappa shape index (κ3) is 21.6. The number of hydrogen-bond acceptors (Lipinski definition) is 14. The molecule has 0 aliphatic heterocycles. The fourth-order valence-electron chi connectivity index (χ4n) is 11.3. The normalized spacial score (nSPS) is 11.4. The van der Waals surface area contributed by atoms with Crippen molar-refractivity contribution < 1.29 is 38.9 Å². The summed E-state index contributed by atoms with van der Waals surface area (Å²) in [4.78, 5) is 56.8. The molecule has 8 rings (SSSR count). The molecule has 2 amide bonds. The van der Waals surface area contributed by atoms with Crippen LogP contribution in [0.25, 0.3) is 11.1 Å². The second-order valence-electron chi connectivity index (χ2n) is 25.2. The number of phenols is 2. The Morgan fingerprint density at radius 3 is 1.69 bits per heavy atom. The number of nitriles is 1. The Morgan fingerprint density at radius 2 is 1.12 bits per heavy atom. The lowest BCUT2D eigenvalue weighted by Crippen LogP contribution is -2.48. The smallest absolute Gasteiger partial charge is 0.320 e. The van der Waals surface area contributed by atoms with Gasteiger partial charge in [-0.3, -0.25) is 34.0 Å². The molecule has 0 radical (unpaired) electrons. The third-order valence-corrected chi connectivity index (χ3v) is 16.4. The fourth-order valence-corrected chi connectivity index (χ4v) is 11.3. The van der Waals surface area contributed by atoms with E-state index in [-0.39, 0.29) is 74.8 Å². The molecule has 0 saturated carbocycles. The number of aromatic nitrogens is 3. The molecule has 0 bridgehead atoms. The number of unbranched alkanes of at least 4 members (excludes halogenated alkanes) is 3. The summed E-state index contributed by atoms with van der Waals surface area (Å²) in [6.07, 6.45) is 8.17. The Labute approximate surface area is 553 Å². The van der Waals surface area contributed by atoms with Gasteiger partial charge in [0.05, 0.1) is 43.4 Å². The van der Waals surface area contributed by atoms with Crippen LogP contribution in [0.4, 0.5) is 5.69 Å². The van der Waals surface area contributed by atoms with Crippen molar-refractivity contribution in [3.63, 3.8) is 0 Å². The molecule has 1 aromatic heterocycles. The average Bonchev–Trinajstić information content (AvgIpc) is 0.844. The standard InChI is InChI=1S/C77H89N9O8/c1-7-93-73(92)54-83(45-46-84(77(5,6)42-41-72(91)94-76(2,3)4)53-66-49-64(35-39-69(66)88)75(63-25-17-12-18-26-63)74(61-21-13-10-14-22-61)62-23-15-11-16-24-62)52-65-47-57(33-38-68(65)87)34-40-70(89)79-43-19-8-9-20-44-80-71(90)48-58-27-29-60(30-28-58)51-86(85-55-81-82-56-85)67-36-31-59(50-78)32-37-67/h10-18,21-33,35-39,47,49,55-56,87-88H,7-9,19-20,34,40-46,48,51-54H2,1-6H3,(H,79,89)(H,80,90). The molecule has 0 saturated heterocycles. The van der Waals surface area contributed by atoms with Gasteiger partial charge in [-0.15, -0.1) is 10.2 Å². The van der Waals surface area contributed by atoms with E-state index < -0.39 is 17.1 Å². The summed E-state index contributed by atoms with van der Waals surface area (Å²) < 4.78 is 13.0. The number of carbonyl (C=O) groups excluding carboxylic acids is 4. The molecule has 0 atom stereocenters. The van der Waals surface area contributed by atoms with E-state index >= 15 is 0 Å².